The molecule has 0 bridgehead atoms. The molecule has 0 radical (unpaired) electrons. The molecule has 1 aliphatic heterocycles. The van der Waals surface area contributed by atoms with Crippen molar-refractivity contribution in [3.63, 3.8) is 0 Å². The summed E-state index contributed by atoms with van der Waals surface area (Å²) in [6.45, 7) is 0. The number of halogens is 1. The standard InChI is InChI=1S/C9H7NO2S.ClH/c11-9(12)7-1-2-8-6(5-7)3-4-10-13-8;/h1-2,4-5H,3H2,(H,11,12);1H. The van der Waals surface area contributed by atoms with Crippen molar-refractivity contribution in [2.45, 2.75) is 11.3 Å². The lowest BCUT2D eigenvalue weighted by Gasteiger charge is -2.08. The zero-order valence-corrected chi connectivity index (χ0v) is 8.77. The van der Waals surface area contributed by atoms with Crippen LogP contribution in [0.5, 0.6) is 0 Å². The lowest BCUT2D eigenvalue weighted by molar-refractivity contribution is 0.0696. The Morgan fingerprint density at radius 3 is 3.00 bits per heavy atom. The van der Waals surface area contributed by atoms with Gasteiger partial charge < -0.3 is 5.11 Å². The maximum Gasteiger partial charge on any atom is 0.335 e. The van der Waals surface area contributed by atoms with Gasteiger partial charge in [-0.15, -0.1) is 12.4 Å². The van der Waals surface area contributed by atoms with Gasteiger partial charge in [-0.3, -0.25) is 0 Å². The summed E-state index contributed by atoms with van der Waals surface area (Å²) < 4.78 is 4.04. The van der Waals surface area contributed by atoms with Crippen LogP contribution in [0.4, 0.5) is 0 Å². The Morgan fingerprint density at radius 2 is 2.29 bits per heavy atom. The highest BCUT2D eigenvalue weighted by Crippen LogP contribution is 2.27. The fourth-order valence-corrected chi connectivity index (χ4v) is 1.84. The normalized spacial score (nSPS) is 12.9. The molecule has 3 nitrogen and oxygen atoms in total. The summed E-state index contributed by atoms with van der Waals surface area (Å²) in [5.41, 5.74) is 1.38. The Labute approximate surface area is 91.8 Å². The highest BCUT2D eigenvalue weighted by molar-refractivity contribution is 7.98. The first-order valence-electron chi connectivity index (χ1n) is 3.82. The minimum absolute atomic E-state index is 0. The summed E-state index contributed by atoms with van der Waals surface area (Å²) in [4.78, 5) is 11.7. The van der Waals surface area contributed by atoms with Crippen molar-refractivity contribution < 1.29 is 9.90 Å². The maximum absolute atomic E-state index is 10.6. The van der Waals surface area contributed by atoms with E-state index in [1.807, 2.05) is 0 Å². The van der Waals surface area contributed by atoms with Crippen LogP contribution in [0.1, 0.15) is 15.9 Å². The van der Waals surface area contributed by atoms with Crippen molar-refractivity contribution in [2.24, 2.45) is 4.40 Å². The molecule has 14 heavy (non-hydrogen) atoms. The topological polar surface area (TPSA) is 49.7 Å². The predicted molar refractivity (Wildman–Crippen MR) is 58.7 cm³/mol. The monoisotopic (exact) mass is 229 g/mol. The molecular formula is C9H8ClNO2S. The maximum atomic E-state index is 10.6. The van der Waals surface area contributed by atoms with E-state index in [9.17, 15) is 4.79 Å². The molecule has 0 aromatic heterocycles. The number of carboxylic acid groups (broad SMARTS) is 1. The van der Waals surface area contributed by atoms with Gasteiger partial charge in [0.05, 0.1) is 5.56 Å². The Kier molecular flexibility index (Phi) is 3.55. The van der Waals surface area contributed by atoms with E-state index in [-0.39, 0.29) is 12.4 Å². The van der Waals surface area contributed by atoms with E-state index in [0.717, 1.165) is 16.9 Å². The van der Waals surface area contributed by atoms with Crippen LogP contribution in [0.25, 0.3) is 0 Å². The summed E-state index contributed by atoms with van der Waals surface area (Å²) in [6.07, 6.45) is 2.52. The van der Waals surface area contributed by atoms with Crippen molar-refractivity contribution >= 4 is 36.5 Å². The van der Waals surface area contributed by atoms with Gasteiger partial charge in [-0.1, -0.05) is 0 Å². The lowest BCUT2D eigenvalue weighted by Crippen LogP contribution is -2.00. The van der Waals surface area contributed by atoms with Gasteiger partial charge in [0.25, 0.3) is 0 Å². The van der Waals surface area contributed by atoms with Crippen molar-refractivity contribution in [1.82, 2.24) is 0 Å². The summed E-state index contributed by atoms with van der Waals surface area (Å²) in [6, 6.07) is 5.12. The van der Waals surface area contributed by atoms with E-state index in [1.54, 1.807) is 24.4 Å². The van der Waals surface area contributed by atoms with Crippen LogP contribution in [-0.2, 0) is 6.42 Å². The van der Waals surface area contributed by atoms with Crippen molar-refractivity contribution in [3.8, 4) is 0 Å². The fraction of sp³-hybridized carbons (Fsp3) is 0.111. The zero-order valence-electron chi connectivity index (χ0n) is 7.14. The molecule has 1 heterocycles. The van der Waals surface area contributed by atoms with Crippen LogP contribution in [0.15, 0.2) is 27.5 Å². The van der Waals surface area contributed by atoms with Crippen molar-refractivity contribution in [2.75, 3.05) is 0 Å². The van der Waals surface area contributed by atoms with Gasteiger partial charge in [0.1, 0.15) is 0 Å². The first-order valence-corrected chi connectivity index (χ1v) is 4.60. The van der Waals surface area contributed by atoms with Crippen LogP contribution in [0.2, 0.25) is 0 Å². The van der Waals surface area contributed by atoms with Crippen LogP contribution in [0, 0.1) is 0 Å². The molecule has 1 N–H and O–H groups in total. The van der Waals surface area contributed by atoms with E-state index in [4.69, 9.17) is 5.11 Å². The third-order valence-corrected chi connectivity index (χ3v) is 2.69. The number of benzene rings is 1. The van der Waals surface area contributed by atoms with Gasteiger partial charge in [-0.2, -0.15) is 0 Å². The summed E-state index contributed by atoms with van der Waals surface area (Å²) in [5, 5.41) is 8.75. The van der Waals surface area contributed by atoms with E-state index in [2.05, 4.69) is 4.40 Å². The first kappa shape index (κ1) is 11.1. The smallest absolute Gasteiger partial charge is 0.335 e. The summed E-state index contributed by atoms with van der Waals surface area (Å²) in [5.74, 6) is -0.879. The van der Waals surface area contributed by atoms with Crippen molar-refractivity contribution in [1.29, 1.82) is 0 Å². The summed E-state index contributed by atoms with van der Waals surface area (Å²) >= 11 is 1.39. The minimum Gasteiger partial charge on any atom is -0.478 e. The molecule has 5 heteroatoms. The molecule has 0 atom stereocenters. The third-order valence-electron chi connectivity index (χ3n) is 1.84. The Balaban J connectivity index is 0.000000980. The van der Waals surface area contributed by atoms with Gasteiger partial charge in [0.2, 0.25) is 0 Å². The molecule has 1 aromatic rings. The Bertz CT molecular complexity index is 392. The second-order valence-electron chi connectivity index (χ2n) is 2.71. The number of rotatable bonds is 1. The number of aromatic carboxylic acids is 1. The molecule has 0 saturated carbocycles. The molecule has 74 valence electrons. The lowest BCUT2D eigenvalue weighted by atomic mass is 10.1. The molecule has 0 amide bonds. The molecular weight excluding hydrogens is 222 g/mol. The molecule has 0 saturated heterocycles. The first-order chi connectivity index (χ1) is 6.27. The van der Waals surface area contributed by atoms with Crippen LogP contribution in [-0.4, -0.2) is 17.3 Å². The molecule has 1 aromatic carbocycles. The van der Waals surface area contributed by atoms with Gasteiger partial charge in [0, 0.05) is 29.5 Å². The quantitative estimate of drug-likeness (QED) is 0.753. The van der Waals surface area contributed by atoms with Gasteiger partial charge in [0.15, 0.2) is 0 Å². The Hall–Kier alpha value is -1.000. The minimum atomic E-state index is -0.879. The average molecular weight is 230 g/mol. The number of hydrogen-bond acceptors (Lipinski definition) is 3. The second kappa shape index (κ2) is 4.48. The number of hydrogen-bond donors (Lipinski definition) is 1. The molecule has 2 rings (SSSR count). The van der Waals surface area contributed by atoms with Crippen LogP contribution < -0.4 is 0 Å². The molecule has 1 aliphatic rings. The average Bonchev–Trinajstić information content (AvgIpc) is 2.17. The molecule has 0 unspecified atom stereocenters. The number of nitrogens with zero attached hydrogens (tertiary/aromatic N) is 1. The van der Waals surface area contributed by atoms with E-state index >= 15 is 0 Å². The number of carboxylic acids is 1. The van der Waals surface area contributed by atoms with Crippen LogP contribution in [0.3, 0.4) is 0 Å². The SMILES string of the molecule is Cl.O=C(O)c1ccc2c(c1)CC=NS2. The summed E-state index contributed by atoms with van der Waals surface area (Å²) in [7, 11) is 0. The van der Waals surface area contributed by atoms with Gasteiger partial charge in [-0.25, -0.2) is 9.19 Å². The number of carbonyl (C=O) groups is 1. The number of fused-ring (bicyclic) bond motifs is 1. The molecule has 0 fully saturated rings. The third kappa shape index (κ3) is 2.08. The highest BCUT2D eigenvalue weighted by Gasteiger charge is 2.10. The fourth-order valence-electron chi connectivity index (χ4n) is 1.19. The van der Waals surface area contributed by atoms with Crippen molar-refractivity contribution in [3.05, 3.63) is 29.3 Å². The molecule has 0 spiro atoms. The highest BCUT2D eigenvalue weighted by atomic mass is 35.5. The predicted octanol–water partition coefficient (Wildman–Crippen LogP) is 2.44. The largest absolute Gasteiger partial charge is 0.478 e. The zero-order chi connectivity index (χ0) is 9.26. The molecule has 0 aliphatic carbocycles. The van der Waals surface area contributed by atoms with Gasteiger partial charge in [-0.05, 0) is 23.8 Å². The van der Waals surface area contributed by atoms with Gasteiger partial charge >= 0.3 is 5.97 Å². The van der Waals surface area contributed by atoms with Crippen LogP contribution >= 0.6 is 24.4 Å². The van der Waals surface area contributed by atoms with E-state index < -0.39 is 5.97 Å². The van der Waals surface area contributed by atoms with E-state index in [1.165, 1.54) is 11.9 Å². The second-order valence-corrected chi connectivity index (χ2v) is 3.54. The Morgan fingerprint density at radius 1 is 1.50 bits per heavy atom. The van der Waals surface area contributed by atoms with E-state index in [0.29, 0.717) is 5.56 Å².